The molecule has 3 N–H and O–H groups in total. The average molecular weight is 208 g/mol. The van der Waals surface area contributed by atoms with Gasteiger partial charge in [-0.1, -0.05) is 31.2 Å². The summed E-state index contributed by atoms with van der Waals surface area (Å²) in [5.74, 6) is 0. The van der Waals surface area contributed by atoms with Crippen LogP contribution in [0.2, 0.25) is 0 Å². The molecule has 1 aromatic rings. The van der Waals surface area contributed by atoms with Gasteiger partial charge in [-0.3, -0.25) is 4.90 Å². The molecule has 84 valence electrons. The minimum absolute atomic E-state index is 0.112. The van der Waals surface area contributed by atoms with Crippen LogP contribution in [0.25, 0.3) is 0 Å². The van der Waals surface area contributed by atoms with Gasteiger partial charge in [0.05, 0.1) is 6.61 Å². The van der Waals surface area contributed by atoms with Crippen molar-refractivity contribution < 1.29 is 5.11 Å². The van der Waals surface area contributed by atoms with Crippen molar-refractivity contribution in [3.63, 3.8) is 0 Å². The van der Waals surface area contributed by atoms with E-state index in [1.165, 1.54) is 5.56 Å². The highest BCUT2D eigenvalue weighted by molar-refractivity contribution is 5.21. The van der Waals surface area contributed by atoms with Crippen LogP contribution in [0, 0.1) is 0 Å². The van der Waals surface area contributed by atoms with Crippen molar-refractivity contribution in [2.75, 3.05) is 19.6 Å². The highest BCUT2D eigenvalue weighted by atomic mass is 16.3. The topological polar surface area (TPSA) is 49.5 Å². The Morgan fingerprint density at radius 2 is 1.80 bits per heavy atom. The van der Waals surface area contributed by atoms with Gasteiger partial charge in [0.15, 0.2) is 0 Å². The molecular formula is C12H20N2O. The molecule has 0 unspecified atom stereocenters. The summed E-state index contributed by atoms with van der Waals surface area (Å²) in [6, 6.07) is 8.05. The summed E-state index contributed by atoms with van der Waals surface area (Å²) in [4.78, 5) is 2.30. The molecule has 1 rings (SSSR count). The molecule has 0 radical (unpaired) electrons. The monoisotopic (exact) mass is 208 g/mol. The molecule has 1 aromatic carbocycles. The lowest BCUT2D eigenvalue weighted by Crippen LogP contribution is -2.28. The largest absolute Gasteiger partial charge is 0.392 e. The van der Waals surface area contributed by atoms with Crippen molar-refractivity contribution in [2.24, 2.45) is 5.73 Å². The lowest BCUT2D eigenvalue weighted by atomic mass is 10.1. The van der Waals surface area contributed by atoms with E-state index >= 15 is 0 Å². The Hall–Kier alpha value is -0.900. The Labute approximate surface area is 91.5 Å². The predicted octanol–water partition coefficient (Wildman–Crippen LogP) is 0.959. The van der Waals surface area contributed by atoms with Gasteiger partial charge < -0.3 is 10.8 Å². The van der Waals surface area contributed by atoms with Gasteiger partial charge in [0.1, 0.15) is 0 Å². The van der Waals surface area contributed by atoms with E-state index in [-0.39, 0.29) is 6.61 Å². The third-order valence-corrected chi connectivity index (χ3v) is 2.50. The number of nitrogens with zero attached hydrogens (tertiary/aromatic N) is 1. The summed E-state index contributed by atoms with van der Waals surface area (Å²) in [7, 11) is 0. The number of likely N-dealkylation sites (N-methyl/N-ethyl adjacent to an activating group) is 1. The van der Waals surface area contributed by atoms with Crippen LogP contribution < -0.4 is 5.73 Å². The first-order valence-electron chi connectivity index (χ1n) is 5.41. The SMILES string of the molecule is CCN(CCN)Cc1ccc(CO)cc1. The van der Waals surface area contributed by atoms with Crippen molar-refractivity contribution in [1.29, 1.82) is 0 Å². The van der Waals surface area contributed by atoms with E-state index in [1.807, 2.05) is 12.1 Å². The molecule has 3 heteroatoms. The third kappa shape index (κ3) is 4.00. The smallest absolute Gasteiger partial charge is 0.0681 e. The zero-order valence-electron chi connectivity index (χ0n) is 9.32. The number of nitrogens with two attached hydrogens (primary N) is 1. The van der Waals surface area contributed by atoms with Crippen molar-refractivity contribution in [1.82, 2.24) is 4.90 Å². The lowest BCUT2D eigenvalue weighted by Gasteiger charge is -2.19. The second-order valence-electron chi connectivity index (χ2n) is 3.63. The molecular weight excluding hydrogens is 188 g/mol. The molecule has 0 saturated carbocycles. The van der Waals surface area contributed by atoms with Crippen LogP contribution in [0.1, 0.15) is 18.1 Å². The second kappa shape index (κ2) is 6.56. The number of hydrogen-bond acceptors (Lipinski definition) is 3. The molecule has 0 atom stereocenters. The zero-order valence-corrected chi connectivity index (χ0v) is 9.32. The van der Waals surface area contributed by atoms with Gasteiger partial charge >= 0.3 is 0 Å². The quantitative estimate of drug-likeness (QED) is 0.732. The Bertz CT molecular complexity index is 271. The maximum Gasteiger partial charge on any atom is 0.0681 e. The molecule has 0 heterocycles. The number of benzene rings is 1. The van der Waals surface area contributed by atoms with Crippen LogP contribution in [0.5, 0.6) is 0 Å². The highest BCUT2D eigenvalue weighted by Gasteiger charge is 2.02. The van der Waals surface area contributed by atoms with Gasteiger partial charge in [0.2, 0.25) is 0 Å². The average Bonchev–Trinajstić information content (AvgIpc) is 2.29. The van der Waals surface area contributed by atoms with E-state index in [9.17, 15) is 0 Å². The number of aliphatic hydroxyl groups is 1. The first-order valence-corrected chi connectivity index (χ1v) is 5.41. The van der Waals surface area contributed by atoms with Crippen molar-refractivity contribution >= 4 is 0 Å². The molecule has 3 nitrogen and oxygen atoms in total. The van der Waals surface area contributed by atoms with Gasteiger partial charge in [0, 0.05) is 19.6 Å². The summed E-state index contributed by atoms with van der Waals surface area (Å²) in [6.45, 7) is 5.82. The summed E-state index contributed by atoms with van der Waals surface area (Å²) in [5.41, 5.74) is 7.75. The molecule has 0 aliphatic rings. The van der Waals surface area contributed by atoms with Crippen LogP contribution >= 0.6 is 0 Å². The van der Waals surface area contributed by atoms with Crippen LogP contribution in [0.15, 0.2) is 24.3 Å². The second-order valence-corrected chi connectivity index (χ2v) is 3.63. The van der Waals surface area contributed by atoms with E-state index in [4.69, 9.17) is 10.8 Å². The molecule has 15 heavy (non-hydrogen) atoms. The van der Waals surface area contributed by atoms with Crippen molar-refractivity contribution in [2.45, 2.75) is 20.1 Å². The molecule has 0 aliphatic heterocycles. The summed E-state index contributed by atoms with van der Waals surface area (Å²) in [6.07, 6.45) is 0. The minimum Gasteiger partial charge on any atom is -0.392 e. The van der Waals surface area contributed by atoms with Gasteiger partial charge in [-0.05, 0) is 17.7 Å². The van der Waals surface area contributed by atoms with Crippen LogP contribution in [-0.2, 0) is 13.2 Å². The van der Waals surface area contributed by atoms with Gasteiger partial charge in [0.25, 0.3) is 0 Å². The first kappa shape index (κ1) is 12.2. The fraction of sp³-hybridized carbons (Fsp3) is 0.500. The first-order chi connectivity index (χ1) is 7.30. The standard InChI is InChI=1S/C12H20N2O/c1-2-14(8-7-13)9-11-3-5-12(10-15)6-4-11/h3-6,15H,2,7-10,13H2,1H3. The van der Waals surface area contributed by atoms with Crippen LogP contribution in [0.3, 0.4) is 0 Å². The van der Waals surface area contributed by atoms with Crippen molar-refractivity contribution in [3.05, 3.63) is 35.4 Å². The summed E-state index contributed by atoms with van der Waals surface area (Å²) >= 11 is 0. The normalized spacial score (nSPS) is 10.9. The van der Waals surface area contributed by atoms with E-state index in [0.717, 1.165) is 25.2 Å². The van der Waals surface area contributed by atoms with Crippen LogP contribution in [0.4, 0.5) is 0 Å². The Morgan fingerprint density at radius 1 is 1.20 bits per heavy atom. The fourth-order valence-corrected chi connectivity index (χ4v) is 1.54. The summed E-state index contributed by atoms with van der Waals surface area (Å²) in [5, 5.41) is 8.91. The molecule has 0 spiro atoms. The third-order valence-electron chi connectivity index (χ3n) is 2.50. The van der Waals surface area contributed by atoms with E-state index in [0.29, 0.717) is 6.54 Å². The predicted molar refractivity (Wildman–Crippen MR) is 62.4 cm³/mol. The highest BCUT2D eigenvalue weighted by Crippen LogP contribution is 2.07. The van der Waals surface area contributed by atoms with Gasteiger partial charge in [-0.2, -0.15) is 0 Å². The molecule has 0 saturated heterocycles. The maximum absolute atomic E-state index is 8.91. The van der Waals surface area contributed by atoms with Crippen molar-refractivity contribution in [3.8, 4) is 0 Å². The van der Waals surface area contributed by atoms with E-state index in [2.05, 4.69) is 24.0 Å². The molecule has 0 aliphatic carbocycles. The minimum atomic E-state index is 0.112. The fourth-order valence-electron chi connectivity index (χ4n) is 1.54. The molecule has 0 amide bonds. The van der Waals surface area contributed by atoms with Crippen LogP contribution in [-0.4, -0.2) is 29.6 Å². The number of aliphatic hydroxyl groups excluding tert-OH is 1. The Kier molecular flexibility index (Phi) is 5.32. The van der Waals surface area contributed by atoms with E-state index < -0.39 is 0 Å². The Balaban J connectivity index is 2.55. The van der Waals surface area contributed by atoms with Gasteiger partial charge in [-0.15, -0.1) is 0 Å². The molecule has 0 fully saturated rings. The molecule has 0 aromatic heterocycles. The zero-order chi connectivity index (χ0) is 11.1. The number of rotatable bonds is 6. The van der Waals surface area contributed by atoms with Gasteiger partial charge in [-0.25, -0.2) is 0 Å². The Morgan fingerprint density at radius 3 is 2.27 bits per heavy atom. The maximum atomic E-state index is 8.91. The number of hydrogen-bond donors (Lipinski definition) is 2. The summed E-state index contributed by atoms with van der Waals surface area (Å²) < 4.78 is 0. The molecule has 0 bridgehead atoms. The lowest BCUT2D eigenvalue weighted by molar-refractivity contribution is 0.280. The van der Waals surface area contributed by atoms with E-state index in [1.54, 1.807) is 0 Å².